The van der Waals surface area contributed by atoms with Crippen molar-refractivity contribution in [3.63, 3.8) is 0 Å². The molecule has 4 heteroatoms. The zero-order valence-corrected chi connectivity index (χ0v) is 16.9. The third-order valence-electron chi connectivity index (χ3n) is 5.70. The molecule has 0 spiro atoms. The third-order valence-corrected chi connectivity index (χ3v) is 6.93. The van der Waals surface area contributed by atoms with E-state index in [1.165, 1.54) is 38.3 Å². The summed E-state index contributed by atoms with van der Waals surface area (Å²) in [5.41, 5.74) is 8.56. The molecule has 3 nitrogen and oxygen atoms in total. The second-order valence-corrected chi connectivity index (χ2v) is 8.20. The molecule has 2 amide bonds. The summed E-state index contributed by atoms with van der Waals surface area (Å²) in [5.74, 6) is 0.553. The van der Waals surface area contributed by atoms with Gasteiger partial charge in [0.1, 0.15) is 0 Å². The molecule has 2 aromatic rings. The summed E-state index contributed by atoms with van der Waals surface area (Å²) in [4.78, 5) is 26.5. The fourth-order valence-electron chi connectivity index (χ4n) is 3.56. The van der Waals surface area contributed by atoms with Gasteiger partial charge < -0.3 is 0 Å². The number of nitrogens with zero attached hydrogens (tertiary/aromatic N) is 1. The summed E-state index contributed by atoms with van der Waals surface area (Å²) in [5, 5.41) is -0.302. The highest BCUT2D eigenvalue weighted by Gasteiger charge is 2.39. The lowest BCUT2D eigenvalue weighted by atomic mass is 9.90. The van der Waals surface area contributed by atoms with Gasteiger partial charge in [0.05, 0.1) is 10.9 Å². The van der Waals surface area contributed by atoms with Gasteiger partial charge in [-0.3, -0.25) is 9.59 Å². The topological polar surface area (TPSA) is 37.4 Å². The van der Waals surface area contributed by atoms with Crippen LogP contribution < -0.4 is 4.90 Å². The summed E-state index contributed by atoms with van der Waals surface area (Å²) in [6.07, 6.45) is 0.278. The minimum Gasteiger partial charge on any atom is -0.274 e. The molecule has 1 heterocycles. The number of imide groups is 1. The highest BCUT2D eigenvalue weighted by atomic mass is 32.2. The quantitative estimate of drug-likeness (QED) is 0.729. The van der Waals surface area contributed by atoms with Crippen molar-refractivity contribution in [2.24, 2.45) is 0 Å². The van der Waals surface area contributed by atoms with Gasteiger partial charge in [0.15, 0.2) is 0 Å². The summed E-state index contributed by atoms with van der Waals surface area (Å²) < 4.78 is 0. The molecule has 1 aliphatic heterocycles. The second kappa shape index (κ2) is 7.28. The van der Waals surface area contributed by atoms with Crippen LogP contribution in [0.15, 0.2) is 30.3 Å². The maximum Gasteiger partial charge on any atom is 0.247 e. The van der Waals surface area contributed by atoms with Crippen LogP contribution in [0.1, 0.15) is 39.8 Å². The average Bonchev–Trinajstić information content (AvgIpc) is 2.92. The molecule has 136 valence electrons. The standard InChI is InChI=1S/C22H25NO2S/c1-13-14(2)16(4)19(17(5)15(13)3)12-26-20-11-21(24)23(22(20)25)18-9-7-6-8-10-18/h6-10,20H,11-12H2,1-5H3. The van der Waals surface area contributed by atoms with E-state index in [1.54, 1.807) is 11.8 Å². The summed E-state index contributed by atoms with van der Waals surface area (Å²) in [7, 11) is 0. The predicted octanol–water partition coefficient (Wildman–Crippen LogP) is 4.79. The highest BCUT2D eigenvalue weighted by Crippen LogP contribution is 2.34. The van der Waals surface area contributed by atoms with E-state index in [0.29, 0.717) is 5.69 Å². The van der Waals surface area contributed by atoms with E-state index in [2.05, 4.69) is 34.6 Å². The molecule has 1 saturated heterocycles. The number of anilines is 1. The van der Waals surface area contributed by atoms with Gasteiger partial charge in [0, 0.05) is 12.2 Å². The van der Waals surface area contributed by atoms with Crippen LogP contribution in [0.3, 0.4) is 0 Å². The van der Waals surface area contributed by atoms with E-state index in [0.717, 1.165) is 5.75 Å². The largest absolute Gasteiger partial charge is 0.274 e. The Morgan fingerprint density at radius 3 is 2.00 bits per heavy atom. The normalized spacial score (nSPS) is 17.3. The van der Waals surface area contributed by atoms with Crippen LogP contribution in [0, 0.1) is 34.6 Å². The van der Waals surface area contributed by atoms with E-state index in [9.17, 15) is 9.59 Å². The molecular formula is C22H25NO2S. The van der Waals surface area contributed by atoms with Gasteiger partial charge in [-0.05, 0) is 80.1 Å². The van der Waals surface area contributed by atoms with Crippen molar-refractivity contribution < 1.29 is 9.59 Å². The fourth-order valence-corrected chi connectivity index (χ4v) is 4.87. The van der Waals surface area contributed by atoms with Crippen LogP contribution in [0.25, 0.3) is 0 Å². The van der Waals surface area contributed by atoms with Crippen molar-refractivity contribution in [3.05, 3.63) is 63.7 Å². The lowest BCUT2D eigenvalue weighted by molar-refractivity contribution is -0.121. The molecule has 0 aliphatic carbocycles. The van der Waals surface area contributed by atoms with Crippen LogP contribution in [0.5, 0.6) is 0 Å². The van der Waals surface area contributed by atoms with Crippen LogP contribution >= 0.6 is 11.8 Å². The Morgan fingerprint density at radius 1 is 0.885 bits per heavy atom. The van der Waals surface area contributed by atoms with Crippen LogP contribution in [0.2, 0.25) is 0 Å². The summed E-state index contributed by atoms with van der Waals surface area (Å²) >= 11 is 1.59. The number of amides is 2. The maximum absolute atomic E-state index is 12.8. The molecule has 0 saturated carbocycles. The molecule has 1 aliphatic rings. The number of thioether (sulfide) groups is 1. The molecule has 1 fully saturated rings. The number of carbonyl (C=O) groups excluding carboxylic acids is 2. The lowest BCUT2D eigenvalue weighted by Crippen LogP contribution is -2.31. The Morgan fingerprint density at radius 2 is 1.42 bits per heavy atom. The van der Waals surface area contributed by atoms with E-state index >= 15 is 0 Å². The molecule has 2 aromatic carbocycles. The first-order valence-electron chi connectivity index (χ1n) is 8.92. The number of hydrogen-bond donors (Lipinski definition) is 0. The molecule has 0 radical (unpaired) electrons. The van der Waals surface area contributed by atoms with E-state index < -0.39 is 0 Å². The number of para-hydroxylation sites is 1. The number of carbonyl (C=O) groups is 2. The first-order chi connectivity index (χ1) is 12.3. The van der Waals surface area contributed by atoms with Gasteiger partial charge in [-0.25, -0.2) is 4.90 Å². The SMILES string of the molecule is Cc1c(C)c(C)c(CSC2CC(=O)N(c3ccccc3)C2=O)c(C)c1C. The van der Waals surface area contributed by atoms with Crippen molar-refractivity contribution in [2.45, 2.75) is 52.0 Å². The predicted molar refractivity (Wildman–Crippen MR) is 109 cm³/mol. The van der Waals surface area contributed by atoms with Gasteiger partial charge >= 0.3 is 0 Å². The fraction of sp³-hybridized carbons (Fsp3) is 0.364. The van der Waals surface area contributed by atoms with Gasteiger partial charge in [0.25, 0.3) is 0 Å². The zero-order valence-electron chi connectivity index (χ0n) is 16.1. The average molecular weight is 368 g/mol. The Hall–Kier alpha value is -2.07. The molecule has 1 unspecified atom stereocenters. The number of rotatable bonds is 4. The lowest BCUT2D eigenvalue weighted by Gasteiger charge is -2.19. The minimum atomic E-state index is -0.302. The first kappa shape index (κ1) is 18.7. The Balaban J connectivity index is 1.80. The van der Waals surface area contributed by atoms with Gasteiger partial charge in [-0.15, -0.1) is 11.8 Å². The van der Waals surface area contributed by atoms with Gasteiger partial charge in [0.2, 0.25) is 11.8 Å². The van der Waals surface area contributed by atoms with Crippen molar-refractivity contribution in [3.8, 4) is 0 Å². The van der Waals surface area contributed by atoms with Crippen LogP contribution in [0.4, 0.5) is 5.69 Å². The smallest absolute Gasteiger partial charge is 0.247 e. The van der Waals surface area contributed by atoms with Crippen LogP contribution in [-0.4, -0.2) is 17.1 Å². The number of benzene rings is 2. The minimum absolute atomic E-state index is 0.0953. The van der Waals surface area contributed by atoms with E-state index in [-0.39, 0.29) is 23.5 Å². The van der Waals surface area contributed by atoms with E-state index in [1.807, 2.05) is 30.3 Å². The first-order valence-corrected chi connectivity index (χ1v) is 9.97. The molecule has 0 aromatic heterocycles. The molecule has 1 atom stereocenters. The molecule has 0 N–H and O–H groups in total. The molecule has 0 bridgehead atoms. The van der Waals surface area contributed by atoms with Crippen molar-refractivity contribution in [1.82, 2.24) is 0 Å². The Kier molecular flexibility index (Phi) is 5.24. The van der Waals surface area contributed by atoms with Crippen molar-refractivity contribution >= 4 is 29.3 Å². The second-order valence-electron chi connectivity index (χ2n) is 7.01. The zero-order chi connectivity index (χ0) is 19.0. The van der Waals surface area contributed by atoms with Gasteiger partial charge in [-0.2, -0.15) is 0 Å². The van der Waals surface area contributed by atoms with Crippen molar-refractivity contribution in [1.29, 1.82) is 0 Å². The third kappa shape index (κ3) is 3.18. The maximum atomic E-state index is 12.8. The van der Waals surface area contributed by atoms with Crippen molar-refractivity contribution in [2.75, 3.05) is 4.90 Å². The van der Waals surface area contributed by atoms with E-state index in [4.69, 9.17) is 0 Å². The number of hydrogen-bond acceptors (Lipinski definition) is 3. The monoisotopic (exact) mass is 367 g/mol. The van der Waals surface area contributed by atoms with Gasteiger partial charge in [-0.1, -0.05) is 18.2 Å². The van der Waals surface area contributed by atoms with Crippen LogP contribution in [-0.2, 0) is 15.3 Å². The Labute approximate surface area is 159 Å². The molecule has 26 heavy (non-hydrogen) atoms. The molecular weight excluding hydrogens is 342 g/mol. The summed E-state index contributed by atoms with van der Waals surface area (Å²) in [6, 6.07) is 9.20. The Bertz CT molecular complexity index is 844. The molecule has 3 rings (SSSR count). The summed E-state index contributed by atoms with van der Waals surface area (Å²) in [6.45, 7) is 10.8. The highest BCUT2D eigenvalue weighted by molar-refractivity contribution is 7.99.